The van der Waals surface area contributed by atoms with Crippen LogP contribution in [0, 0.1) is 17.0 Å². The molecular formula is C15H18N2O4. The largest absolute Gasteiger partial charge is 0.463 e. The Kier molecular flexibility index (Phi) is 4.40. The number of nitro groups is 1. The maximum absolute atomic E-state index is 10.9. The number of furan rings is 1. The number of para-hydroxylation sites is 1. The monoisotopic (exact) mass is 290 g/mol. The first-order valence-electron chi connectivity index (χ1n) is 6.62. The molecule has 0 saturated carbocycles. The van der Waals surface area contributed by atoms with E-state index in [-0.39, 0.29) is 12.2 Å². The van der Waals surface area contributed by atoms with E-state index in [1.54, 1.807) is 44.2 Å². The summed E-state index contributed by atoms with van der Waals surface area (Å²) in [6, 6.07) is 10.0. The number of benzene rings is 1. The standard InChI is InChI=1S/C15H18N2O4/c1-11-7-8-14(21-11)15(2,18)10-16-9-12-5-3-4-6-13(12)17(19)20/h3-8,16,18H,9-10H2,1-2H3. The van der Waals surface area contributed by atoms with Gasteiger partial charge in [-0.15, -0.1) is 0 Å². The van der Waals surface area contributed by atoms with E-state index in [1.807, 2.05) is 0 Å². The number of hydrogen-bond acceptors (Lipinski definition) is 5. The van der Waals surface area contributed by atoms with Gasteiger partial charge in [0.05, 0.1) is 4.92 Å². The Labute approximate surface area is 122 Å². The van der Waals surface area contributed by atoms with Crippen molar-refractivity contribution in [2.24, 2.45) is 0 Å². The molecule has 0 fully saturated rings. The topological polar surface area (TPSA) is 88.5 Å². The summed E-state index contributed by atoms with van der Waals surface area (Å²) in [6.45, 7) is 3.97. The molecule has 0 aliphatic heterocycles. The number of hydrogen-bond donors (Lipinski definition) is 2. The molecule has 6 heteroatoms. The highest BCUT2D eigenvalue weighted by Crippen LogP contribution is 2.23. The van der Waals surface area contributed by atoms with Gasteiger partial charge in [0, 0.05) is 24.7 Å². The predicted molar refractivity (Wildman–Crippen MR) is 77.8 cm³/mol. The van der Waals surface area contributed by atoms with Crippen LogP contribution in [0.15, 0.2) is 40.8 Å². The quantitative estimate of drug-likeness (QED) is 0.630. The van der Waals surface area contributed by atoms with Crippen LogP contribution in [0.2, 0.25) is 0 Å². The lowest BCUT2D eigenvalue weighted by Crippen LogP contribution is -2.34. The van der Waals surface area contributed by atoms with Crippen molar-refractivity contribution >= 4 is 5.69 Å². The number of aliphatic hydroxyl groups is 1. The van der Waals surface area contributed by atoms with E-state index < -0.39 is 10.5 Å². The third kappa shape index (κ3) is 3.68. The van der Waals surface area contributed by atoms with Gasteiger partial charge in [-0.25, -0.2) is 0 Å². The molecule has 0 saturated heterocycles. The fourth-order valence-electron chi connectivity index (χ4n) is 2.09. The van der Waals surface area contributed by atoms with Crippen molar-refractivity contribution in [3.63, 3.8) is 0 Å². The molecule has 0 spiro atoms. The summed E-state index contributed by atoms with van der Waals surface area (Å²) in [5.41, 5.74) is -0.523. The molecule has 112 valence electrons. The van der Waals surface area contributed by atoms with Gasteiger partial charge in [0.15, 0.2) is 0 Å². The SMILES string of the molecule is Cc1ccc(C(C)(O)CNCc2ccccc2[N+](=O)[O-])o1. The van der Waals surface area contributed by atoms with Gasteiger partial charge in [-0.3, -0.25) is 10.1 Å². The molecule has 0 bridgehead atoms. The fourth-order valence-corrected chi connectivity index (χ4v) is 2.09. The summed E-state index contributed by atoms with van der Waals surface area (Å²) in [4.78, 5) is 10.5. The smallest absolute Gasteiger partial charge is 0.273 e. The number of rotatable bonds is 6. The lowest BCUT2D eigenvalue weighted by atomic mass is 10.0. The van der Waals surface area contributed by atoms with Gasteiger partial charge >= 0.3 is 0 Å². The third-order valence-corrected chi connectivity index (χ3v) is 3.24. The van der Waals surface area contributed by atoms with Gasteiger partial charge in [0.1, 0.15) is 17.1 Å². The second-order valence-corrected chi connectivity index (χ2v) is 5.17. The summed E-state index contributed by atoms with van der Waals surface area (Å²) < 4.78 is 5.41. The number of nitrogens with one attached hydrogen (secondary N) is 1. The molecular weight excluding hydrogens is 272 g/mol. The molecule has 0 radical (unpaired) electrons. The molecule has 6 nitrogen and oxygen atoms in total. The Morgan fingerprint density at radius 2 is 2.05 bits per heavy atom. The number of aryl methyl sites for hydroxylation is 1. The first kappa shape index (κ1) is 15.2. The normalized spacial score (nSPS) is 13.9. The second kappa shape index (κ2) is 6.07. The van der Waals surface area contributed by atoms with Gasteiger partial charge in [0.2, 0.25) is 0 Å². The first-order chi connectivity index (χ1) is 9.90. The number of nitro benzene ring substituents is 1. The molecule has 2 N–H and O–H groups in total. The zero-order valence-corrected chi connectivity index (χ0v) is 12.0. The van der Waals surface area contributed by atoms with Crippen LogP contribution in [0.3, 0.4) is 0 Å². The highest BCUT2D eigenvalue weighted by Gasteiger charge is 2.26. The average Bonchev–Trinajstić information content (AvgIpc) is 2.86. The van der Waals surface area contributed by atoms with Gasteiger partial charge in [0.25, 0.3) is 5.69 Å². The van der Waals surface area contributed by atoms with Gasteiger partial charge in [-0.2, -0.15) is 0 Å². The van der Waals surface area contributed by atoms with Crippen LogP contribution in [0.4, 0.5) is 5.69 Å². The third-order valence-electron chi connectivity index (χ3n) is 3.24. The predicted octanol–water partition coefficient (Wildman–Crippen LogP) is 2.49. The Morgan fingerprint density at radius 3 is 2.67 bits per heavy atom. The number of nitrogens with zero attached hydrogens (tertiary/aromatic N) is 1. The maximum Gasteiger partial charge on any atom is 0.273 e. The summed E-state index contributed by atoms with van der Waals surface area (Å²) in [6.07, 6.45) is 0. The Hall–Kier alpha value is -2.18. The molecule has 2 aromatic rings. The maximum atomic E-state index is 10.9. The Bertz CT molecular complexity index is 634. The highest BCUT2D eigenvalue weighted by molar-refractivity contribution is 5.39. The van der Waals surface area contributed by atoms with Crippen molar-refractivity contribution in [3.05, 3.63) is 63.6 Å². The van der Waals surface area contributed by atoms with E-state index in [2.05, 4.69) is 5.32 Å². The molecule has 1 unspecified atom stereocenters. The summed E-state index contributed by atoms with van der Waals surface area (Å²) in [5, 5.41) is 24.3. The summed E-state index contributed by atoms with van der Waals surface area (Å²) in [5.74, 6) is 1.19. The fraction of sp³-hybridized carbons (Fsp3) is 0.333. The second-order valence-electron chi connectivity index (χ2n) is 5.17. The van der Waals surface area contributed by atoms with E-state index in [0.29, 0.717) is 17.9 Å². The molecule has 0 aliphatic rings. The molecule has 2 rings (SSSR count). The van der Waals surface area contributed by atoms with Crippen molar-refractivity contribution in [3.8, 4) is 0 Å². The molecule has 1 heterocycles. The van der Waals surface area contributed by atoms with E-state index in [1.165, 1.54) is 6.07 Å². The Balaban J connectivity index is 2.00. The van der Waals surface area contributed by atoms with Crippen molar-refractivity contribution < 1.29 is 14.4 Å². The van der Waals surface area contributed by atoms with Gasteiger partial charge < -0.3 is 14.8 Å². The minimum Gasteiger partial charge on any atom is -0.463 e. The summed E-state index contributed by atoms with van der Waals surface area (Å²) in [7, 11) is 0. The first-order valence-corrected chi connectivity index (χ1v) is 6.62. The molecule has 1 aromatic heterocycles. The van der Waals surface area contributed by atoms with E-state index in [4.69, 9.17) is 4.42 Å². The van der Waals surface area contributed by atoms with Crippen molar-refractivity contribution in [2.75, 3.05) is 6.54 Å². The van der Waals surface area contributed by atoms with Crippen molar-refractivity contribution in [1.29, 1.82) is 0 Å². The van der Waals surface area contributed by atoms with Gasteiger partial charge in [-0.1, -0.05) is 18.2 Å². The van der Waals surface area contributed by atoms with E-state index >= 15 is 0 Å². The average molecular weight is 290 g/mol. The molecule has 1 atom stereocenters. The summed E-state index contributed by atoms with van der Waals surface area (Å²) >= 11 is 0. The van der Waals surface area contributed by atoms with Crippen molar-refractivity contribution in [2.45, 2.75) is 26.0 Å². The van der Waals surface area contributed by atoms with E-state index in [0.717, 1.165) is 5.76 Å². The molecule has 21 heavy (non-hydrogen) atoms. The molecule has 1 aromatic carbocycles. The van der Waals surface area contributed by atoms with E-state index in [9.17, 15) is 15.2 Å². The minimum absolute atomic E-state index is 0.0680. The zero-order valence-electron chi connectivity index (χ0n) is 12.0. The van der Waals surface area contributed by atoms with Crippen molar-refractivity contribution in [1.82, 2.24) is 5.32 Å². The zero-order chi connectivity index (χ0) is 15.5. The lowest BCUT2D eigenvalue weighted by molar-refractivity contribution is -0.385. The highest BCUT2D eigenvalue weighted by atomic mass is 16.6. The van der Waals surface area contributed by atoms with Crippen LogP contribution in [-0.4, -0.2) is 16.6 Å². The van der Waals surface area contributed by atoms with Gasteiger partial charge in [-0.05, 0) is 26.0 Å². The van der Waals surface area contributed by atoms with Crippen LogP contribution in [-0.2, 0) is 12.1 Å². The van der Waals surface area contributed by atoms with Crippen LogP contribution < -0.4 is 5.32 Å². The molecule has 0 amide bonds. The van der Waals surface area contributed by atoms with Crippen LogP contribution in [0.1, 0.15) is 24.0 Å². The molecule has 0 aliphatic carbocycles. The van der Waals surface area contributed by atoms with Crippen LogP contribution in [0.25, 0.3) is 0 Å². The lowest BCUT2D eigenvalue weighted by Gasteiger charge is -2.21. The Morgan fingerprint density at radius 1 is 1.33 bits per heavy atom. The minimum atomic E-state index is -1.17. The van der Waals surface area contributed by atoms with Crippen LogP contribution >= 0.6 is 0 Å². The van der Waals surface area contributed by atoms with Crippen LogP contribution in [0.5, 0.6) is 0 Å².